The van der Waals surface area contributed by atoms with E-state index in [9.17, 15) is 9.59 Å². The molecule has 2 fully saturated rings. The molecule has 3 aliphatic rings. The molecule has 0 radical (unpaired) electrons. The topological polar surface area (TPSA) is 84.9 Å². The molecule has 0 unspecified atom stereocenters. The second-order valence-electron chi connectivity index (χ2n) is 10.1. The van der Waals surface area contributed by atoms with Gasteiger partial charge in [-0.1, -0.05) is 6.07 Å². The first-order valence-corrected chi connectivity index (χ1v) is 12.6. The molecular weight excluding hydrogens is 456 g/mol. The molecule has 1 spiro atoms. The van der Waals surface area contributed by atoms with E-state index in [0.29, 0.717) is 30.4 Å². The lowest BCUT2D eigenvalue weighted by Gasteiger charge is -2.38. The van der Waals surface area contributed by atoms with Crippen LogP contribution >= 0.6 is 0 Å². The summed E-state index contributed by atoms with van der Waals surface area (Å²) < 4.78 is 10.4. The van der Waals surface area contributed by atoms with Gasteiger partial charge in [-0.25, -0.2) is 14.8 Å². The Labute approximate surface area is 210 Å². The summed E-state index contributed by atoms with van der Waals surface area (Å²) in [5.74, 6) is 1.24. The Bertz CT molecular complexity index is 1360. The van der Waals surface area contributed by atoms with Crippen molar-refractivity contribution in [2.75, 3.05) is 38.2 Å². The highest BCUT2D eigenvalue weighted by atomic mass is 16.5. The predicted octanol–water partition coefficient (Wildman–Crippen LogP) is 3.68. The number of nitrogens with zero attached hydrogens (tertiary/aromatic N) is 4. The quantitative estimate of drug-likeness (QED) is 0.509. The molecule has 6 rings (SSSR count). The summed E-state index contributed by atoms with van der Waals surface area (Å²) in [6.07, 6.45) is 5.25. The highest BCUT2D eigenvalue weighted by molar-refractivity contribution is 6.00. The summed E-state index contributed by atoms with van der Waals surface area (Å²) in [5.41, 5.74) is 4.65. The van der Waals surface area contributed by atoms with Gasteiger partial charge < -0.3 is 14.4 Å². The summed E-state index contributed by atoms with van der Waals surface area (Å²) in [4.78, 5) is 38.7. The lowest BCUT2D eigenvalue weighted by atomic mass is 9.77. The van der Waals surface area contributed by atoms with Crippen LogP contribution in [0.5, 0.6) is 5.88 Å². The Morgan fingerprint density at radius 1 is 1.08 bits per heavy atom. The fourth-order valence-electron chi connectivity index (χ4n) is 5.91. The van der Waals surface area contributed by atoms with E-state index in [4.69, 9.17) is 14.5 Å². The zero-order chi connectivity index (χ0) is 24.9. The van der Waals surface area contributed by atoms with Crippen molar-refractivity contribution in [3.8, 4) is 5.88 Å². The number of aromatic nitrogens is 2. The molecule has 2 saturated heterocycles. The molecule has 2 aromatic heterocycles. The van der Waals surface area contributed by atoms with Crippen LogP contribution in [0.3, 0.4) is 0 Å². The number of hydrogen-bond donors (Lipinski definition) is 0. The highest BCUT2D eigenvalue weighted by Crippen LogP contribution is 2.43. The van der Waals surface area contributed by atoms with E-state index in [-0.39, 0.29) is 17.3 Å². The SMILES string of the molecule is COc1cc2ccc(N3CCC4(CCN(CCc5ccc6c(c5C)COC6=O)CC4)C3=O)nc2cn1. The van der Waals surface area contributed by atoms with Crippen LogP contribution in [-0.4, -0.2) is 60.0 Å². The van der Waals surface area contributed by atoms with Crippen LogP contribution in [0.1, 0.15) is 46.3 Å². The Kier molecular flexibility index (Phi) is 5.63. The molecule has 1 amide bonds. The van der Waals surface area contributed by atoms with Crippen LogP contribution in [-0.2, 0) is 22.6 Å². The van der Waals surface area contributed by atoms with Gasteiger partial charge in [0.05, 0.1) is 29.8 Å². The lowest BCUT2D eigenvalue weighted by molar-refractivity contribution is -0.128. The fourth-order valence-corrected chi connectivity index (χ4v) is 5.91. The second kappa shape index (κ2) is 8.85. The molecule has 8 nitrogen and oxygen atoms in total. The average Bonchev–Trinajstić information content (AvgIpc) is 3.44. The number of piperidine rings is 1. The summed E-state index contributed by atoms with van der Waals surface area (Å²) in [6, 6.07) is 9.72. The average molecular weight is 487 g/mol. The number of cyclic esters (lactones) is 1. The smallest absolute Gasteiger partial charge is 0.338 e. The van der Waals surface area contributed by atoms with Crippen molar-refractivity contribution in [2.24, 2.45) is 5.41 Å². The molecule has 0 N–H and O–H groups in total. The molecule has 0 aliphatic carbocycles. The summed E-state index contributed by atoms with van der Waals surface area (Å²) in [5, 5.41) is 0.943. The number of amides is 1. The predicted molar refractivity (Wildman–Crippen MR) is 135 cm³/mol. The molecule has 1 aromatic carbocycles. The van der Waals surface area contributed by atoms with E-state index < -0.39 is 0 Å². The van der Waals surface area contributed by atoms with E-state index in [2.05, 4.69) is 22.9 Å². The van der Waals surface area contributed by atoms with Gasteiger partial charge in [-0.3, -0.25) is 9.69 Å². The van der Waals surface area contributed by atoms with Crippen molar-refractivity contribution in [2.45, 2.75) is 39.2 Å². The molecule has 5 heterocycles. The molecule has 3 aromatic rings. The van der Waals surface area contributed by atoms with Crippen molar-refractivity contribution in [3.05, 3.63) is 58.8 Å². The molecule has 186 valence electrons. The number of anilines is 1. The van der Waals surface area contributed by atoms with Gasteiger partial charge in [0.2, 0.25) is 11.8 Å². The van der Waals surface area contributed by atoms with Crippen molar-refractivity contribution in [1.29, 1.82) is 0 Å². The minimum atomic E-state index is -0.285. The molecule has 0 atom stereocenters. The normalized spacial score (nSPS) is 19.2. The van der Waals surface area contributed by atoms with Gasteiger partial charge in [-0.15, -0.1) is 0 Å². The first-order chi connectivity index (χ1) is 17.5. The van der Waals surface area contributed by atoms with E-state index >= 15 is 0 Å². The Hall–Kier alpha value is -3.52. The standard InChI is InChI=1S/C28H30N4O4/c1-18-19(3-5-21-22(18)17-36-26(21)33)7-11-31-12-8-28(9-13-31)10-14-32(27(28)34)24-6-4-20-15-25(35-2)29-16-23(20)30-24/h3-6,15-16H,7-14,17H2,1-2H3. The number of methoxy groups -OCH3 is 1. The zero-order valence-electron chi connectivity index (χ0n) is 20.7. The van der Waals surface area contributed by atoms with Crippen LogP contribution in [0.25, 0.3) is 10.9 Å². The molecule has 0 bridgehead atoms. The van der Waals surface area contributed by atoms with Gasteiger partial charge in [0.1, 0.15) is 12.4 Å². The van der Waals surface area contributed by atoms with Crippen LogP contribution in [0.2, 0.25) is 0 Å². The third-order valence-electron chi connectivity index (χ3n) is 8.32. The Balaban J connectivity index is 1.09. The number of carbonyl (C=O) groups excluding carboxylic acids is 2. The number of ether oxygens (including phenoxy) is 2. The minimum absolute atomic E-state index is 0.203. The van der Waals surface area contributed by atoms with Crippen LogP contribution < -0.4 is 9.64 Å². The van der Waals surface area contributed by atoms with Gasteiger partial charge in [0.25, 0.3) is 0 Å². The number of fused-ring (bicyclic) bond motifs is 2. The second-order valence-corrected chi connectivity index (χ2v) is 10.1. The maximum absolute atomic E-state index is 13.6. The van der Waals surface area contributed by atoms with Gasteiger partial charge in [-0.05, 0) is 75.0 Å². The Morgan fingerprint density at radius 3 is 2.69 bits per heavy atom. The molecule has 3 aliphatic heterocycles. The van der Waals surface area contributed by atoms with E-state index in [0.717, 1.165) is 61.8 Å². The van der Waals surface area contributed by atoms with Crippen LogP contribution in [0, 0.1) is 12.3 Å². The summed E-state index contributed by atoms with van der Waals surface area (Å²) in [6.45, 7) is 5.96. The number of benzene rings is 1. The van der Waals surface area contributed by atoms with Gasteiger partial charge in [0, 0.05) is 30.1 Å². The molecule has 36 heavy (non-hydrogen) atoms. The van der Waals surface area contributed by atoms with Crippen LogP contribution in [0.15, 0.2) is 36.5 Å². The minimum Gasteiger partial charge on any atom is -0.481 e. The van der Waals surface area contributed by atoms with Crippen molar-refractivity contribution in [1.82, 2.24) is 14.9 Å². The number of pyridine rings is 2. The lowest BCUT2D eigenvalue weighted by Crippen LogP contribution is -2.45. The third-order valence-corrected chi connectivity index (χ3v) is 8.32. The summed E-state index contributed by atoms with van der Waals surface area (Å²) >= 11 is 0. The number of hydrogen-bond acceptors (Lipinski definition) is 7. The maximum atomic E-state index is 13.6. The van der Waals surface area contributed by atoms with Crippen molar-refractivity contribution >= 4 is 28.6 Å². The van der Waals surface area contributed by atoms with Gasteiger partial charge in [-0.2, -0.15) is 0 Å². The zero-order valence-corrected chi connectivity index (χ0v) is 20.7. The van der Waals surface area contributed by atoms with E-state index in [1.165, 1.54) is 11.1 Å². The van der Waals surface area contributed by atoms with Crippen molar-refractivity contribution < 1.29 is 19.1 Å². The third kappa shape index (κ3) is 3.80. The number of likely N-dealkylation sites (tertiary alicyclic amines) is 1. The fraction of sp³-hybridized carbons (Fsp3) is 0.429. The van der Waals surface area contributed by atoms with Gasteiger partial charge >= 0.3 is 5.97 Å². The molecular formula is C28H30N4O4. The molecule has 0 saturated carbocycles. The first kappa shape index (κ1) is 22.9. The maximum Gasteiger partial charge on any atom is 0.338 e. The number of rotatable bonds is 5. The highest BCUT2D eigenvalue weighted by Gasteiger charge is 2.48. The van der Waals surface area contributed by atoms with E-state index in [1.54, 1.807) is 13.3 Å². The largest absolute Gasteiger partial charge is 0.481 e. The van der Waals surface area contributed by atoms with Crippen LogP contribution in [0.4, 0.5) is 5.82 Å². The first-order valence-electron chi connectivity index (χ1n) is 12.6. The number of esters is 1. The Morgan fingerprint density at radius 2 is 1.89 bits per heavy atom. The van der Waals surface area contributed by atoms with E-state index in [1.807, 2.05) is 29.2 Å². The van der Waals surface area contributed by atoms with Crippen molar-refractivity contribution in [3.63, 3.8) is 0 Å². The summed E-state index contributed by atoms with van der Waals surface area (Å²) in [7, 11) is 1.59. The van der Waals surface area contributed by atoms with Gasteiger partial charge in [0.15, 0.2) is 0 Å². The molecule has 8 heteroatoms. The number of carbonyl (C=O) groups is 2. The monoisotopic (exact) mass is 486 g/mol.